The third-order valence-corrected chi connectivity index (χ3v) is 5.13. The summed E-state index contributed by atoms with van der Waals surface area (Å²) < 4.78 is 28.1. The van der Waals surface area contributed by atoms with Crippen LogP contribution in [0.4, 0.5) is 8.78 Å². The summed E-state index contributed by atoms with van der Waals surface area (Å²) in [4.78, 5) is 18.9. The van der Waals surface area contributed by atoms with Crippen molar-refractivity contribution in [3.8, 4) is 11.1 Å². The van der Waals surface area contributed by atoms with E-state index >= 15 is 0 Å². The summed E-state index contributed by atoms with van der Waals surface area (Å²) in [6.07, 6.45) is 1.81. The molecule has 2 aromatic carbocycles. The standard InChI is InChI=1S/C22H21F2N3O/c1-13-8-18(19-10-16(23)11-20(24)21(19)26-13)14-4-2-5-15(9-14)22(28)27-7-3-6-17(25)12-27/h2,4-5,8-11,17H,3,6-7,12,25H2,1H3/t17-/m1/s1. The van der Waals surface area contributed by atoms with Crippen molar-refractivity contribution in [2.75, 3.05) is 13.1 Å². The molecule has 1 fully saturated rings. The molecule has 0 saturated carbocycles. The predicted molar refractivity (Wildman–Crippen MR) is 105 cm³/mol. The van der Waals surface area contributed by atoms with Gasteiger partial charge in [0, 0.05) is 41.8 Å². The maximum atomic E-state index is 14.2. The average molecular weight is 381 g/mol. The highest BCUT2D eigenvalue weighted by Crippen LogP contribution is 2.31. The largest absolute Gasteiger partial charge is 0.337 e. The second kappa shape index (κ2) is 7.28. The number of benzene rings is 2. The Balaban J connectivity index is 1.79. The first-order valence-electron chi connectivity index (χ1n) is 9.34. The van der Waals surface area contributed by atoms with Crippen molar-refractivity contribution in [3.05, 3.63) is 65.4 Å². The number of aromatic nitrogens is 1. The highest BCUT2D eigenvalue weighted by Gasteiger charge is 2.22. The lowest BCUT2D eigenvalue weighted by molar-refractivity contribution is 0.0709. The van der Waals surface area contributed by atoms with Crippen molar-refractivity contribution < 1.29 is 13.6 Å². The van der Waals surface area contributed by atoms with Crippen molar-refractivity contribution in [3.63, 3.8) is 0 Å². The lowest BCUT2D eigenvalue weighted by Gasteiger charge is -2.31. The average Bonchev–Trinajstić information content (AvgIpc) is 2.67. The summed E-state index contributed by atoms with van der Waals surface area (Å²) in [5.41, 5.74) is 8.63. The van der Waals surface area contributed by atoms with Gasteiger partial charge in [0.15, 0.2) is 5.82 Å². The van der Waals surface area contributed by atoms with Gasteiger partial charge in [-0.2, -0.15) is 0 Å². The molecule has 0 spiro atoms. The van der Waals surface area contributed by atoms with Gasteiger partial charge in [-0.3, -0.25) is 4.79 Å². The lowest BCUT2D eigenvalue weighted by Crippen LogP contribution is -2.45. The molecule has 1 aromatic heterocycles. The molecule has 1 saturated heterocycles. The van der Waals surface area contributed by atoms with Crippen molar-refractivity contribution >= 4 is 16.8 Å². The van der Waals surface area contributed by atoms with Crippen molar-refractivity contribution in [2.24, 2.45) is 5.73 Å². The van der Waals surface area contributed by atoms with Crippen LogP contribution in [0, 0.1) is 18.6 Å². The van der Waals surface area contributed by atoms with Gasteiger partial charge in [0.25, 0.3) is 5.91 Å². The molecule has 1 aliphatic rings. The normalized spacial score (nSPS) is 17.1. The first kappa shape index (κ1) is 18.5. The molecule has 1 atom stereocenters. The summed E-state index contributed by atoms with van der Waals surface area (Å²) in [6.45, 7) is 2.98. The molecule has 0 unspecified atom stereocenters. The van der Waals surface area contributed by atoms with Crippen LogP contribution >= 0.6 is 0 Å². The van der Waals surface area contributed by atoms with Crippen LogP contribution in [0.15, 0.2) is 42.5 Å². The first-order valence-corrected chi connectivity index (χ1v) is 9.34. The first-order chi connectivity index (χ1) is 13.4. The van der Waals surface area contributed by atoms with E-state index in [-0.39, 0.29) is 17.5 Å². The molecule has 4 nitrogen and oxygen atoms in total. The number of pyridine rings is 1. The maximum Gasteiger partial charge on any atom is 0.253 e. The minimum absolute atomic E-state index is 0.00127. The topological polar surface area (TPSA) is 59.2 Å². The number of nitrogens with two attached hydrogens (primary N) is 1. The highest BCUT2D eigenvalue weighted by atomic mass is 19.1. The van der Waals surface area contributed by atoms with E-state index in [0.717, 1.165) is 18.9 Å². The number of amides is 1. The summed E-state index contributed by atoms with van der Waals surface area (Å²) in [5.74, 6) is -1.44. The quantitative estimate of drug-likeness (QED) is 0.729. The number of halogens is 2. The Labute approximate surface area is 162 Å². The number of fused-ring (bicyclic) bond motifs is 1. The van der Waals surface area contributed by atoms with E-state index in [0.29, 0.717) is 40.9 Å². The molecule has 0 bridgehead atoms. The molecule has 3 aromatic rings. The lowest BCUT2D eigenvalue weighted by atomic mass is 9.97. The van der Waals surface area contributed by atoms with Gasteiger partial charge in [0.1, 0.15) is 11.3 Å². The summed E-state index contributed by atoms with van der Waals surface area (Å²) >= 11 is 0. The molecule has 144 valence electrons. The zero-order valence-corrected chi connectivity index (χ0v) is 15.6. The number of hydrogen-bond acceptors (Lipinski definition) is 3. The maximum absolute atomic E-state index is 14.2. The number of nitrogens with zero attached hydrogens (tertiary/aromatic N) is 2. The SMILES string of the molecule is Cc1cc(-c2cccc(C(=O)N3CCC[C@@H](N)C3)c2)c2cc(F)cc(F)c2n1. The smallest absolute Gasteiger partial charge is 0.253 e. The minimum Gasteiger partial charge on any atom is -0.337 e. The van der Waals surface area contributed by atoms with E-state index < -0.39 is 11.6 Å². The number of carbonyl (C=O) groups excluding carboxylic acids is 1. The number of hydrogen-bond donors (Lipinski definition) is 1. The van der Waals surface area contributed by atoms with Gasteiger partial charge in [-0.25, -0.2) is 13.8 Å². The Morgan fingerprint density at radius 2 is 2.04 bits per heavy atom. The van der Waals surface area contributed by atoms with Crippen LogP contribution in [0.5, 0.6) is 0 Å². The van der Waals surface area contributed by atoms with Crippen LogP contribution in [0.3, 0.4) is 0 Å². The molecule has 4 rings (SSSR count). The van der Waals surface area contributed by atoms with Crippen molar-refractivity contribution in [2.45, 2.75) is 25.8 Å². The summed E-state index contributed by atoms with van der Waals surface area (Å²) in [5, 5.41) is 0.382. The fourth-order valence-corrected chi connectivity index (χ4v) is 3.82. The second-order valence-corrected chi connectivity index (χ2v) is 7.33. The third kappa shape index (κ3) is 3.47. The Morgan fingerprint density at radius 3 is 2.82 bits per heavy atom. The van der Waals surface area contributed by atoms with E-state index in [1.54, 1.807) is 36.1 Å². The van der Waals surface area contributed by atoms with Gasteiger partial charge in [-0.1, -0.05) is 12.1 Å². The van der Waals surface area contributed by atoms with Gasteiger partial charge in [0.2, 0.25) is 0 Å². The van der Waals surface area contributed by atoms with Crippen LogP contribution in [-0.4, -0.2) is 34.9 Å². The molecular formula is C22H21F2N3O. The molecule has 6 heteroatoms. The second-order valence-electron chi connectivity index (χ2n) is 7.33. The van der Waals surface area contributed by atoms with E-state index in [9.17, 15) is 13.6 Å². The Morgan fingerprint density at radius 1 is 1.21 bits per heavy atom. The molecule has 1 aliphatic heterocycles. The molecular weight excluding hydrogens is 360 g/mol. The highest BCUT2D eigenvalue weighted by molar-refractivity contribution is 5.99. The monoisotopic (exact) mass is 381 g/mol. The van der Waals surface area contributed by atoms with E-state index in [4.69, 9.17) is 5.73 Å². The Hall–Kier alpha value is -2.86. The number of likely N-dealkylation sites (tertiary alicyclic amines) is 1. The minimum atomic E-state index is -0.700. The van der Waals surface area contributed by atoms with E-state index in [2.05, 4.69) is 4.98 Å². The van der Waals surface area contributed by atoms with Crippen LogP contribution in [0.2, 0.25) is 0 Å². The fraction of sp³-hybridized carbons (Fsp3) is 0.273. The van der Waals surface area contributed by atoms with Crippen LogP contribution in [0.25, 0.3) is 22.0 Å². The van der Waals surface area contributed by atoms with Crippen LogP contribution in [0.1, 0.15) is 28.9 Å². The van der Waals surface area contributed by atoms with Crippen molar-refractivity contribution in [1.29, 1.82) is 0 Å². The zero-order valence-electron chi connectivity index (χ0n) is 15.6. The van der Waals surface area contributed by atoms with Gasteiger partial charge >= 0.3 is 0 Å². The Bertz CT molecular complexity index is 1070. The van der Waals surface area contributed by atoms with Gasteiger partial charge < -0.3 is 10.6 Å². The van der Waals surface area contributed by atoms with Crippen molar-refractivity contribution in [1.82, 2.24) is 9.88 Å². The summed E-state index contributed by atoms with van der Waals surface area (Å²) in [6, 6.07) is 11.0. The molecule has 1 amide bonds. The van der Waals surface area contributed by atoms with E-state index in [1.165, 1.54) is 6.07 Å². The molecule has 0 radical (unpaired) electrons. The summed E-state index contributed by atoms with van der Waals surface area (Å²) in [7, 11) is 0. The molecule has 2 N–H and O–H groups in total. The number of carbonyl (C=O) groups is 1. The van der Waals surface area contributed by atoms with Gasteiger partial charge in [-0.15, -0.1) is 0 Å². The number of aryl methyl sites for hydroxylation is 1. The third-order valence-electron chi connectivity index (χ3n) is 5.13. The van der Waals surface area contributed by atoms with Crippen LogP contribution < -0.4 is 5.73 Å². The van der Waals surface area contributed by atoms with E-state index in [1.807, 2.05) is 6.07 Å². The zero-order chi connectivity index (χ0) is 19.8. The fourth-order valence-electron chi connectivity index (χ4n) is 3.82. The predicted octanol–water partition coefficient (Wildman–Crippen LogP) is 4.05. The van der Waals surface area contributed by atoms with Gasteiger partial charge in [-0.05, 0) is 55.2 Å². The van der Waals surface area contributed by atoms with Crippen LogP contribution in [-0.2, 0) is 0 Å². The van der Waals surface area contributed by atoms with Gasteiger partial charge in [0.05, 0.1) is 0 Å². The number of piperidine rings is 1. The molecule has 2 heterocycles. The molecule has 28 heavy (non-hydrogen) atoms. The Kier molecular flexibility index (Phi) is 4.81. The number of rotatable bonds is 2. The molecule has 0 aliphatic carbocycles.